The normalized spacial score (nSPS) is 36.4. The molecule has 0 bridgehead atoms. The van der Waals surface area contributed by atoms with Gasteiger partial charge in [0.05, 0.1) is 12.2 Å². The van der Waals surface area contributed by atoms with E-state index in [1.54, 1.807) is 5.57 Å². The maximum Gasteiger partial charge on any atom is 0.0749 e. The van der Waals surface area contributed by atoms with Crippen molar-refractivity contribution in [1.82, 2.24) is 4.90 Å². The highest BCUT2D eigenvalue weighted by molar-refractivity contribution is 5.18. The summed E-state index contributed by atoms with van der Waals surface area (Å²) >= 11 is 0. The van der Waals surface area contributed by atoms with Crippen LogP contribution in [0.15, 0.2) is 23.8 Å². The Balaban J connectivity index is 1.20. The average molecular weight is 402 g/mol. The van der Waals surface area contributed by atoms with E-state index in [1.807, 2.05) is 6.08 Å². The van der Waals surface area contributed by atoms with Crippen molar-refractivity contribution < 1.29 is 10.2 Å². The molecule has 1 aliphatic heterocycles. The third kappa shape index (κ3) is 5.74. The Morgan fingerprint density at radius 2 is 1.79 bits per heavy atom. The molecular weight excluding hydrogens is 358 g/mol. The average Bonchev–Trinajstić information content (AvgIpc) is 3.44. The monoisotopic (exact) mass is 401 g/mol. The minimum atomic E-state index is -0.305. The summed E-state index contributed by atoms with van der Waals surface area (Å²) in [6, 6.07) is 0. The first-order valence-corrected chi connectivity index (χ1v) is 12.7. The molecule has 0 spiro atoms. The van der Waals surface area contributed by atoms with Gasteiger partial charge in [0.1, 0.15) is 0 Å². The van der Waals surface area contributed by atoms with Crippen LogP contribution >= 0.6 is 0 Å². The van der Waals surface area contributed by atoms with Gasteiger partial charge in [-0.25, -0.2) is 0 Å². The first-order chi connectivity index (χ1) is 14.2. The van der Waals surface area contributed by atoms with Crippen molar-refractivity contribution in [2.24, 2.45) is 23.7 Å². The molecule has 0 radical (unpaired) electrons. The lowest BCUT2D eigenvalue weighted by Crippen LogP contribution is -2.30. The zero-order chi connectivity index (χ0) is 20.1. The van der Waals surface area contributed by atoms with Gasteiger partial charge in [-0.3, -0.25) is 0 Å². The summed E-state index contributed by atoms with van der Waals surface area (Å²) < 4.78 is 0. The van der Waals surface area contributed by atoms with Crippen molar-refractivity contribution in [2.45, 2.75) is 95.7 Å². The molecule has 3 nitrogen and oxygen atoms in total. The van der Waals surface area contributed by atoms with E-state index in [0.717, 1.165) is 19.3 Å². The Morgan fingerprint density at radius 3 is 2.59 bits per heavy atom. The van der Waals surface area contributed by atoms with E-state index in [4.69, 9.17) is 0 Å². The quantitative estimate of drug-likeness (QED) is 0.440. The number of piperidine rings is 1. The lowest BCUT2D eigenvalue weighted by Gasteiger charge is -2.26. The number of hydrogen-bond acceptors (Lipinski definition) is 3. The molecule has 29 heavy (non-hydrogen) atoms. The molecule has 0 aromatic carbocycles. The maximum absolute atomic E-state index is 10.6. The van der Waals surface area contributed by atoms with Gasteiger partial charge >= 0.3 is 0 Å². The molecule has 3 saturated carbocycles. The fourth-order valence-corrected chi connectivity index (χ4v) is 6.61. The summed E-state index contributed by atoms with van der Waals surface area (Å²) in [6.45, 7) is 3.92. The van der Waals surface area contributed by atoms with E-state index >= 15 is 0 Å². The number of aliphatic hydroxyl groups is 2. The number of unbranched alkanes of at least 4 members (excludes halogenated alkanes) is 2. The van der Waals surface area contributed by atoms with E-state index in [1.165, 1.54) is 83.8 Å². The number of allylic oxidation sites excluding steroid dienone is 2. The van der Waals surface area contributed by atoms with Crippen molar-refractivity contribution in [1.29, 1.82) is 0 Å². The topological polar surface area (TPSA) is 43.7 Å². The standard InChI is InChI=1S/C26H43NO2/c28-25(21-10-4-5-11-21)13-12-23-24-18-20(17-22(24)19-26(23)29)9-3-1-6-14-27-15-7-2-8-16-27/h9,12-13,21-26,28-29H,1-8,10-11,14-19H2/b13-12+,20-9?/t22-,23+,24-,25-,26+/m0/s1. The Morgan fingerprint density at radius 1 is 1.00 bits per heavy atom. The van der Waals surface area contributed by atoms with Crippen LogP contribution in [-0.4, -0.2) is 47.0 Å². The van der Waals surface area contributed by atoms with Gasteiger partial charge in [0.15, 0.2) is 0 Å². The first-order valence-electron chi connectivity index (χ1n) is 12.7. The molecule has 0 aromatic heterocycles. The number of rotatable bonds is 8. The van der Waals surface area contributed by atoms with Crippen molar-refractivity contribution in [3.05, 3.63) is 23.8 Å². The summed E-state index contributed by atoms with van der Waals surface area (Å²) in [5.74, 6) is 1.95. The van der Waals surface area contributed by atoms with E-state index in [0.29, 0.717) is 17.8 Å². The van der Waals surface area contributed by atoms with Crippen molar-refractivity contribution in [3.8, 4) is 0 Å². The molecule has 164 valence electrons. The highest BCUT2D eigenvalue weighted by Crippen LogP contribution is 2.50. The van der Waals surface area contributed by atoms with Gasteiger partial charge in [-0.2, -0.15) is 0 Å². The lowest BCUT2D eigenvalue weighted by molar-refractivity contribution is 0.135. The largest absolute Gasteiger partial charge is 0.392 e. The molecule has 1 saturated heterocycles. The van der Waals surface area contributed by atoms with Gasteiger partial charge < -0.3 is 15.1 Å². The van der Waals surface area contributed by atoms with Crippen molar-refractivity contribution >= 4 is 0 Å². The van der Waals surface area contributed by atoms with Gasteiger partial charge in [-0.15, -0.1) is 0 Å². The highest BCUT2D eigenvalue weighted by Gasteiger charge is 2.45. The molecule has 4 aliphatic rings. The van der Waals surface area contributed by atoms with Crippen LogP contribution in [0.2, 0.25) is 0 Å². The first kappa shape index (κ1) is 21.6. The Labute approximate surface area is 178 Å². The van der Waals surface area contributed by atoms with E-state index in [-0.39, 0.29) is 18.1 Å². The SMILES string of the molecule is O[C@@H]1C[C@@H]2CC(=CCCCCN3CCCCC3)C[C@@H]2[C@H]1/C=C/[C@H](O)C1CCCC1. The van der Waals surface area contributed by atoms with E-state index < -0.39 is 0 Å². The van der Waals surface area contributed by atoms with Crippen LogP contribution in [0.3, 0.4) is 0 Å². The van der Waals surface area contributed by atoms with Crippen LogP contribution in [0.1, 0.15) is 83.5 Å². The maximum atomic E-state index is 10.6. The lowest BCUT2D eigenvalue weighted by atomic mass is 9.89. The summed E-state index contributed by atoms with van der Waals surface area (Å²) in [4.78, 5) is 2.65. The molecule has 0 unspecified atom stereocenters. The van der Waals surface area contributed by atoms with Gasteiger partial charge in [0.25, 0.3) is 0 Å². The molecule has 0 aromatic rings. The third-order valence-corrected chi connectivity index (χ3v) is 8.33. The molecule has 4 rings (SSSR count). The number of likely N-dealkylation sites (tertiary alicyclic amines) is 1. The molecule has 3 aliphatic carbocycles. The van der Waals surface area contributed by atoms with Crippen molar-refractivity contribution in [2.75, 3.05) is 19.6 Å². The smallest absolute Gasteiger partial charge is 0.0749 e. The van der Waals surface area contributed by atoms with Crippen LogP contribution in [0.5, 0.6) is 0 Å². The van der Waals surface area contributed by atoms with Crippen LogP contribution in [0.25, 0.3) is 0 Å². The Kier molecular flexibility index (Phi) is 7.89. The van der Waals surface area contributed by atoms with Gasteiger partial charge in [-0.1, -0.05) is 43.1 Å². The fraction of sp³-hybridized carbons (Fsp3) is 0.846. The van der Waals surface area contributed by atoms with E-state index in [2.05, 4.69) is 17.1 Å². The molecular formula is C26H43NO2. The second-order valence-electron chi connectivity index (χ2n) is 10.4. The van der Waals surface area contributed by atoms with Crippen LogP contribution in [0.4, 0.5) is 0 Å². The number of nitrogens with zero attached hydrogens (tertiary/aromatic N) is 1. The predicted octanol–water partition coefficient (Wildman–Crippen LogP) is 5.08. The Bertz CT molecular complexity index is 559. The Hall–Kier alpha value is -0.640. The van der Waals surface area contributed by atoms with Crippen LogP contribution in [-0.2, 0) is 0 Å². The summed E-state index contributed by atoms with van der Waals surface area (Å²) in [5, 5.41) is 21.0. The zero-order valence-electron chi connectivity index (χ0n) is 18.4. The minimum Gasteiger partial charge on any atom is -0.392 e. The van der Waals surface area contributed by atoms with Gasteiger partial charge in [-0.05, 0) is 102 Å². The molecule has 0 amide bonds. The van der Waals surface area contributed by atoms with Gasteiger partial charge in [0.2, 0.25) is 0 Å². The highest BCUT2D eigenvalue weighted by atomic mass is 16.3. The summed E-state index contributed by atoms with van der Waals surface area (Å²) in [5.41, 5.74) is 1.64. The molecule has 1 heterocycles. The number of aliphatic hydroxyl groups excluding tert-OH is 2. The molecule has 3 heteroatoms. The van der Waals surface area contributed by atoms with Gasteiger partial charge in [0, 0.05) is 5.92 Å². The zero-order valence-corrected chi connectivity index (χ0v) is 18.4. The number of fused-ring (bicyclic) bond motifs is 1. The molecule has 5 atom stereocenters. The summed E-state index contributed by atoms with van der Waals surface area (Å²) in [7, 11) is 0. The molecule has 4 fully saturated rings. The number of hydrogen-bond donors (Lipinski definition) is 2. The summed E-state index contributed by atoms with van der Waals surface area (Å²) in [6.07, 6.45) is 22.5. The van der Waals surface area contributed by atoms with Crippen LogP contribution < -0.4 is 0 Å². The van der Waals surface area contributed by atoms with Crippen LogP contribution in [0, 0.1) is 23.7 Å². The third-order valence-electron chi connectivity index (χ3n) is 8.33. The van der Waals surface area contributed by atoms with Crippen molar-refractivity contribution in [3.63, 3.8) is 0 Å². The minimum absolute atomic E-state index is 0.205. The van der Waals surface area contributed by atoms with E-state index in [9.17, 15) is 10.2 Å². The second kappa shape index (κ2) is 10.6. The predicted molar refractivity (Wildman–Crippen MR) is 120 cm³/mol. The second-order valence-corrected chi connectivity index (χ2v) is 10.4. The molecule has 2 N–H and O–H groups in total. The fourth-order valence-electron chi connectivity index (χ4n) is 6.61.